The van der Waals surface area contributed by atoms with E-state index in [9.17, 15) is 14.0 Å². The predicted octanol–water partition coefficient (Wildman–Crippen LogP) is 4.47. The van der Waals surface area contributed by atoms with Gasteiger partial charge in [-0.3, -0.25) is 9.59 Å². The number of halogens is 1. The van der Waals surface area contributed by atoms with Crippen LogP contribution in [0.2, 0.25) is 0 Å². The van der Waals surface area contributed by atoms with Gasteiger partial charge in [-0.15, -0.1) is 0 Å². The molecule has 0 spiro atoms. The van der Waals surface area contributed by atoms with Gasteiger partial charge in [-0.1, -0.05) is 6.07 Å². The van der Waals surface area contributed by atoms with E-state index in [-0.39, 0.29) is 4.91 Å². The Morgan fingerprint density at radius 1 is 1.12 bits per heavy atom. The van der Waals surface area contributed by atoms with E-state index in [4.69, 9.17) is 9.47 Å². The molecule has 0 unspecified atom stereocenters. The number of hydrogen-bond donors (Lipinski definition) is 0. The first-order valence-electron chi connectivity index (χ1n) is 7.88. The lowest BCUT2D eigenvalue weighted by Crippen LogP contribution is -2.27. The van der Waals surface area contributed by atoms with Crippen LogP contribution in [0.15, 0.2) is 47.4 Å². The molecule has 2 amide bonds. The molecule has 0 aliphatic carbocycles. The van der Waals surface area contributed by atoms with E-state index in [1.807, 2.05) is 6.92 Å². The number of anilines is 1. The van der Waals surface area contributed by atoms with E-state index in [2.05, 4.69) is 0 Å². The van der Waals surface area contributed by atoms with Gasteiger partial charge in [0, 0.05) is 0 Å². The second-order valence-electron chi connectivity index (χ2n) is 5.34. The van der Waals surface area contributed by atoms with Crippen molar-refractivity contribution in [3.63, 3.8) is 0 Å². The molecule has 1 saturated heterocycles. The van der Waals surface area contributed by atoms with Crippen molar-refractivity contribution < 1.29 is 23.5 Å². The van der Waals surface area contributed by atoms with Crippen molar-refractivity contribution in [2.45, 2.75) is 6.92 Å². The van der Waals surface area contributed by atoms with Crippen LogP contribution in [0.5, 0.6) is 11.5 Å². The summed E-state index contributed by atoms with van der Waals surface area (Å²) < 4.78 is 23.8. The number of ether oxygens (including phenoxy) is 2. The van der Waals surface area contributed by atoms with E-state index in [1.165, 1.54) is 31.4 Å². The maximum Gasteiger partial charge on any atom is 0.298 e. The van der Waals surface area contributed by atoms with Gasteiger partial charge in [-0.2, -0.15) is 0 Å². The number of benzene rings is 2. The zero-order valence-electron chi connectivity index (χ0n) is 14.2. The molecule has 0 aromatic heterocycles. The number of amides is 2. The van der Waals surface area contributed by atoms with Gasteiger partial charge in [0.1, 0.15) is 5.82 Å². The first-order valence-corrected chi connectivity index (χ1v) is 8.69. The molecule has 0 radical (unpaired) electrons. The van der Waals surface area contributed by atoms with Crippen LogP contribution in [0.1, 0.15) is 12.5 Å². The van der Waals surface area contributed by atoms with Crippen molar-refractivity contribution in [3.8, 4) is 11.5 Å². The van der Waals surface area contributed by atoms with Gasteiger partial charge in [-0.05, 0) is 66.7 Å². The number of methoxy groups -OCH3 is 1. The fourth-order valence-electron chi connectivity index (χ4n) is 2.48. The Morgan fingerprint density at radius 2 is 1.85 bits per heavy atom. The summed E-state index contributed by atoms with van der Waals surface area (Å²) in [4.78, 5) is 26.1. The van der Waals surface area contributed by atoms with E-state index in [0.717, 1.165) is 16.7 Å². The van der Waals surface area contributed by atoms with Gasteiger partial charge in [0.2, 0.25) is 0 Å². The molecule has 5 nitrogen and oxygen atoms in total. The Bertz CT molecular complexity index is 880. The summed E-state index contributed by atoms with van der Waals surface area (Å²) in [6.45, 7) is 2.38. The van der Waals surface area contributed by atoms with Crippen molar-refractivity contribution >= 4 is 34.7 Å². The van der Waals surface area contributed by atoms with Gasteiger partial charge < -0.3 is 9.47 Å². The molecular formula is C19H16FNO4S. The Kier molecular flexibility index (Phi) is 5.27. The first-order chi connectivity index (χ1) is 12.5. The summed E-state index contributed by atoms with van der Waals surface area (Å²) in [6.07, 6.45) is 1.62. The Morgan fingerprint density at radius 3 is 2.50 bits per heavy atom. The first kappa shape index (κ1) is 18.0. The molecule has 0 saturated carbocycles. The van der Waals surface area contributed by atoms with Gasteiger partial charge in [0.15, 0.2) is 11.5 Å². The zero-order chi connectivity index (χ0) is 18.7. The molecule has 3 rings (SSSR count). The summed E-state index contributed by atoms with van der Waals surface area (Å²) in [5, 5.41) is -0.425. The van der Waals surface area contributed by atoms with Crippen molar-refractivity contribution in [1.82, 2.24) is 0 Å². The largest absolute Gasteiger partial charge is 0.493 e. The molecule has 7 heteroatoms. The number of thioether (sulfide) groups is 1. The molecule has 0 atom stereocenters. The normalized spacial score (nSPS) is 15.7. The second-order valence-corrected chi connectivity index (χ2v) is 6.33. The van der Waals surface area contributed by atoms with E-state index < -0.39 is 17.0 Å². The van der Waals surface area contributed by atoms with Crippen LogP contribution in [0.4, 0.5) is 14.9 Å². The standard InChI is InChI=1S/C19H16FNO4S/c1-3-25-15-9-4-12(10-16(15)24-2)11-17-18(22)21(19(23)26-17)14-7-5-13(20)6-8-14/h4-11H,3H2,1-2H3/b17-11-. The smallest absolute Gasteiger partial charge is 0.298 e. The van der Waals surface area contributed by atoms with Crippen molar-refractivity contribution in [1.29, 1.82) is 0 Å². The van der Waals surface area contributed by atoms with Crippen molar-refractivity contribution in [3.05, 3.63) is 58.8 Å². The number of carbonyl (C=O) groups is 2. The number of nitrogens with zero attached hydrogens (tertiary/aromatic N) is 1. The number of hydrogen-bond acceptors (Lipinski definition) is 5. The zero-order valence-corrected chi connectivity index (χ0v) is 15.0. The van der Waals surface area contributed by atoms with Crippen molar-refractivity contribution in [2.24, 2.45) is 0 Å². The predicted molar refractivity (Wildman–Crippen MR) is 99.0 cm³/mol. The highest BCUT2D eigenvalue weighted by Gasteiger charge is 2.36. The number of rotatable bonds is 5. The molecule has 1 aliphatic heterocycles. The summed E-state index contributed by atoms with van der Waals surface area (Å²) >= 11 is 0.836. The van der Waals surface area contributed by atoms with Crippen LogP contribution in [-0.4, -0.2) is 24.9 Å². The maximum atomic E-state index is 13.1. The third kappa shape index (κ3) is 3.57. The van der Waals surface area contributed by atoms with E-state index in [1.54, 1.807) is 24.3 Å². The second kappa shape index (κ2) is 7.61. The van der Waals surface area contributed by atoms with Gasteiger partial charge >= 0.3 is 0 Å². The van der Waals surface area contributed by atoms with Crippen molar-refractivity contribution in [2.75, 3.05) is 18.6 Å². The van der Waals surface area contributed by atoms with Crippen LogP contribution in [0.3, 0.4) is 0 Å². The minimum Gasteiger partial charge on any atom is -0.493 e. The fourth-order valence-corrected chi connectivity index (χ4v) is 3.32. The van der Waals surface area contributed by atoms with Crippen LogP contribution >= 0.6 is 11.8 Å². The van der Waals surface area contributed by atoms with Crippen LogP contribution in [0, 0.1) is 5.82 Å². The fraction of sp³-hybridized carbons (Fsp3) is 0.158. The van der Waals surface area contributed by atoms with Crippen LogP contribution in [0.25, 0.3) is 6.08 Å². The topological polar surface area (TPSA) is 55.8 Å². The Balaban J connectivity index is 1.89. The third-order valence-electron chi connectivity index (χ3n) is 3.66. The molecule has 1 aliphatic rings. The van der Waals surface area contributed by atoms with Crippen LogP contribution < -0.4 is 14.4 Å². The Labute approximate surface area is 154 Å². The summed E-state index contributed by atoms with van der Waals surface area (Å²) in [5.41, 5.74) is 1.04. The molecule has 2 aromatic carbocycles. The average molecular weight is 373 g/mol. The third-order valence-corrected chi connectivity index (χ3v) is 4.53. The number of imide groups is 1. The highest BCUT2D eigenvalue weighted by atomic mass is 32.2. The number of carbonyl (C=O) groups excluding carboxylic acids is 2. The lowest BCUT2D eigenvalue weighted by Gasteiger charge is -2.12. The summed E-state index contributed by atoms with van der Waals surface area (Å²) in [7, 11) is 1.53. The minimum absolute atomic E-state index is 0.283. The molecule has 134 valence electrons. The highest BCUT2D eigenvalue weighted by molar-refractivity contribution is 8.19. The van der Waals surface area contributed by atoms with Gasteiger partial charge in [0.25, 0.3) is 11.1 Å². The highest BCUT2D eigenvalue weighted by Crippen LogP contribution is 2.37. The quantitative estimate of drug-likeness (QED) is 0.724. The van der Waals surface area contributed by atoms with Gasteiger partial charge in [0.05, 0.1) is 24.3 Å². The summed E-state index contributed by atoms with van der Waals surface area (Å²) in [6, 6.07) is 10.5. The molecule has 0 bridgehead atoms. The molecule has 1 heterocycles. The van der Waals surface area contributed by atoms with Crippen LogP contribution in [-0.2, 0) is 4.79 Å². The van der Waals surface area contributed by atoms with Gasteiger partial charge in [-0.25, -0.2) is 9.29 Å². The average Bonchev–Trinajstić information content (AvgIpc) is 2.91. The monoisotopic (exact) mass is 373 g/mol. The van der Waals surface area contributed by atoms with E-state index >= 15 is 0 Å². The molecular weight excluding hydrogens is 357 g/mol. The SMILES string of the molecule is CCOc1ccc(/C=C2\SC(=O)N(c3ccc(F)cc3)C2=O)cc1OC. The lowest BCUT2D eigenvalue weighted by molar-refractivity contribution is -0.113. The van der Waals surface area contributed by atoms with E-state index in [0.29, 0.717) is 29.4 Å². The summed E-state index contributed by atoms with van der Waals surface area (Å²) in [5.74, 6) is 0.266. The molecule has 26 heavy (non-hydrogen) atoms. The lowest BCUT2D eigenvalue weighted by atomic mass is 10.2. The maximum absolute atomic E-state index is 13.1. The Hall–Kier alpha value is -2.80. The minimum atomic E-state index is -0.445. The molecule has 1 fully saturated rings. The molecule has 2 aromatic rings. The molecule has 0 N–H and O–H groups in total.